The molecule has 0 aromatic heterocycles. The molecule has 0 bridgehead atoms. The fourth-order valence-electron chi connectivity index (χ4n) is 2.25. The van der Waals surface area contributed by atoms with Crippen molar-refractivity contribution in [2.75, 3.05) is 19.8 Å². The van der Waals surface area contributed by atoms with Gasteiger partial charge in [0.15, 0.2) is 0 Å². The van der Waals surface area contributed by atoms with Crippen LogP contribution in [-0.4, -0.2) is 28.6 Å². The van der Waals surface area contributed by atoms with Crippen LogP contribution in [0.4, 0.5) is 0 Å². The number of rotatable bonds is 11. The van der Waals surface area contributed by atoms with Crippen molar-refractivity contribution < 1.29 is 13.3 Å². The summed E-state index contributed by atoms with van der Waals surface area (Å²) in [6, 6.07) is 0. The van der Waals surface area contributed by atoms with Gasteiger partial charge in [-0.2, -0.15) is 0 Å². The molecule has 110 valence electrons. The summed E-state index contributed by atoms with van der Waals surface area (Å²) in [6.45, 7) is 14.7. The lowest BCUT2D eigenvalue weighted by Crippen LogP contribution is -2.54. The highest BCUT2D eigenvalue weighted by atomic mass is 28.4. The summed E-state index contributed by atoms with van der Waals surface area (Å²) in [5.74, 6) is 0. The zero-order valence-corrected chi connectivity index (χ0v) is 14.2. The van der Waals surface area contributed by atoms with E-state index >= 15 is 0 Å². The maximum Gasteiger partial charge on any atom is 0.506 e. The second-order valence-corrected chi connectivity index (χ2v) is 8.53. The van der Waals surface area contributed by atoms with Gasteiger partial charge in [0.25, 0.3) is 0 Å². The first-order valence-electron chi connectivity index (χ1n) is 7.41. The summed E-state index contributed by atoms with van der Waals surface area (Å²) < 4.78 is 18.0. The molecule has 0 amide bonds. The van der Waals surface area contributed by atoms with Crippen molar-refractivity contribution in [2.24, 2.45) is 0 Å². The van der Waals surface area contributed by atoms with E-state index in [9.17, 15) is 0 Å². The molecule has 0 aromatic carbocycles. The van der Waals surface area contributed by atoms with E-state index < -0.39 is 8.80 Å². The largest absolute Gasteiger partial charge is 0.506 e. The van der Waals surface area contributed by atoms with Gasteiger partial charge in [0.05, 0.1) is 0 Å². The average Bonchev–Trinajstić information content (AvgIpc) is 2.30. The van der Waals surface area contributed by atoms with Crippen LogP contribution < -0.4 is 0 Å². The van der Waals surface area contributed by atoms with Gasteiger partial charge in [0.1, 0.15) is 0 Å². The highest BCUT2D eigenvalue weighted by Crippen LogP contribution is 2.44. The fraction of sp³-hybridized carbons (Fsp3) is 1.00. The highest BCUT2D eigenvalue weighted by molar-refractivity contribution is 6.64. The normalized spacial score (nSPS) is 13.0. The summed E-state index contributed by atoms with van der Waals surface area (Å²) >= 11 is 0. The van der Waals surface area contributed by atoms with E-state index in [4.69, 9.17) is 13.3 Å². The van der Waals surface area contributed by atoms with Gasteiger partial charge in [0.2, 0.25) is 0 Å². The third-order valence-corrected chi connectivity index (χ3v) is 7.15. The Morgan fingerprint density at radius 1 is 0.778 bits per heavy atom. The first-order chi connectivity index (χ1) is 8.49. The first-order valence-corrected chi connectivity index (χ1v) is 9.14. The SMILES string of the molecule is CCCCCC(C)(C)[Si](OCC)(OCC)OCC. The predicted molar refractivity (Wildman–Crippen MR) is 78.8 cm³/mol. The standard InChI is InChI=1S/C14H32O3Si/c1-7-11-12-13-14(5,6)18(15-8-2,16-9-3)17-10-4/h7-13H2,1-6H3. The minimum atomic E-state index is -2.57. The number of hydrogen-bond donors (Lipinski definition) is 0. The maximum atomic E-state index is 6.00. The molecule has 4 heteroatoms. The van der Waals surface area contributed by atoms with Gasteiger partial charge >= 0.3 is 8.80 Å². The summed E-state index contributed by atoms with van der Waals surface area (Å²) in [4.78, 5) is 0. The molecule has 0 atom stereocenters. The molecule has 0 saturated heterocycles. The van der Waals surface area contributed by atoms with Crippen molar-refractivity contribution in [3.05, 3.63) is 0 Å². The van der Waals surface area contributed by atoms with Crippen LogP contribution in [0.25, 0.3) is 0 Å². The quantitative estimate of drug-likeness (QED) is 0.413. The van der Waals surface area contributed by atoms with Crippen LogP contribution in [-0.2, 0) is 13.3 Å². The molecular formula is C14H32O3Si. The van der Waals surface area contributed by atoms with E-state index in [1.165, 1.54) is 19.3 Å². The fourth-order valence-corrected chi connectivity index (χ4v) is 5.30. The van der Waals surface area contributed by atoms with Crippen LogP contribution in [0.1, 0.15) is 67.2 Å². The highest BCUT2D eigenvalue weighted by Gasteiger charge is 2.54. The summed E-state index contributed by atoms with van der Waals surface area (Å²) in [5, 5.41) is -0.00972. The Morgan fingerprint density at radius 3 is 1.56 bits per heavy atom. The molecule has 3 nitrogen and oxygen atoms in total. The molecule has 0 rings (SSSR count). The van der Waals surface area contributed by atoms with Crippen LogP contribution in [0.3, 0.4) is 0 Å². The van der Waals surface area contributed by atoms with E-state index in [0.717, 1.165) is 6.42 Å². The molecular weight excluding hydrogens is 244 g/mol. The number of hydrogen-bond acceptors (Lipinski definition) is 3. The molecule has 0 saturated carbocycles. The van der Waals surface area contributed by atoms with E-state index in [2.05, 4.69) is 20.8 Å². The number of unbranched alkanes of at least 4 members (excludes halogenated alkanes) is 2. The van der Waals surface area contributed by atoms with Crippen molar-refractivity contribution >= 4 is 8.80 Å². The second-order valence-electron chi connectivity index (χ2n) is 5.20. The Bertz CT molecular complexity index is 190. The molecule has 0 aliphatic rings. The smallest absolute Gasteiger partial charge is 0.373 e. The zero-order valence-electron chi connectivity index (χ0n) is 13.2. The van der Waals surface area contributed by atoms with Crippen LogP contribution in [0.2, 0.25) is 5.04 Å². The monoisotopic (exact) mass is 276 g/mol. The minimum absolute atomic E-state index is 0.00972. The molecule has 0 N–H and O–H groups in total. The Labute approximate surface area is 115 Å². The average molecular weight is 276 g/mol. The van der Waals surface area contributed by atoms with Crippen LogP contribution in [0.15, 0.2) is 0 Å². The Kier molecular flexibility index (Phi) is 9.12. The Hall–Kier alpha value is 0.0969. The van der Waals surface area contributed by atoms with Crippen LogP contribution in [0, 0.1) is 0 Å². The Morgan fingerprint density at radius 2 is 1.22 bits per heavy atom. The lowest BCUT2D eigenvalue weighted by molar-refractivity contribution is 0.0461. The molecule has 0 heterocycles. The zero-order chi connectivity index (χ0) is 14.1. The van der Waals surface area contributed by atoms with Crippen LogP contribution in [0.5, 0.6) is 0 Å². The van der Waals surface area contributed by atoms with Crippen molar-refractivity contribution in [1.82, 2.24) is 0 Å². The van der Waals surface area contributed by atoms with Gasteiger partial charge in [-0.25, -0.2) is 0 Å². The maximum absolute atomic E-state index is 6.00. The van der Waals surface area contributed by atoms with Gasteiger partial charge < -0.3 is 13.3 Å². The van der Waals surface area contributed by atoms with Gasteiger partial charge in [-0.05, 0) is 27.2 Å². The van der Waals surface area contributed by atoms with E-state index in [-0.39, 0.29) is 5.04 Å². The first kappa shape index (κ1) is 18.1. The van der Waals surface area contributed by atoms with E-state index in [0.29, 0.717) is 19.8 Å². The molecule has 18 heavy (non-hydrogen) atoms. The van der Waals surface area contributed by atoms with E-state index in [1.807, 2.05) is 20.8 Å². The lowest BCUT2D eigenvalue weighted by atomic mass is 10.0. The summed E-state index contributed by atoms with van der Waals surface area (Å²) in [6.07, 6.45) is 4.82. The summed E-state index contributed by atoms with van der Waals surface area (Å²) in [7, 11) is -2.57. The molecule has 0 aliphatic heterocycles. The summed E-state index contributed by atoms with van der Waals surface area (Å²) in [5.41, 5.74) is 0. The van der Waals surface area contributed by atoms with Crippen molar-refractivity contribution in [1.29, 1.82) is 0 Å². The predicted octanol–water partition coefficient (Wildman–Crippen LogP) is 4.40. The second kappa shape index (κ2) is 9.07. The van der Waals surface area contributed by atoms with Gasteiger partial charge in [-0.15, -0.1) is 0 Å². The third-order valence-electron chi connectivity index (χ3n) is 3.24. The van der Waals surface area contributed by atoms with Gasteiger partial charge in [0, 0.05) is 24.9 Å². The van der Waals surface area contributed by atoms with Gasteiger partial charge in [-0.1, -0.05) is 40.0 Å². The van der Waals surface area contributed by atoms with Crippen molar-refractivity contribution in [3.63, 3.8) is 0 Å². The van der Waals surface area contributed by atoms with Gasteiger partial charge in [-0.3, -0.25) is 0 Å². The molecule has 0 aromatic rings. The molecule has 0 fully saturated rings. The molecule has 0 aliphatic carbocycles. The third kappa shape index (κ3) is 5.00. The topological polar surface area (TPSA) is 27.7 Å². The Balaban J connectivity index is 4.85. The lowest BCUT2D eigenvalue weighted by Gasteiger charge is -2.41. The molecule has 0 radical (unpaired) electrons. The minimum Gasteiger partial charge on any atom is -0.373 e. The molecule has 0 spiro atoms. The van der Waals surface area contributed by atoms with Crippen LogP contribution >= 0.6 is 0 Å². The van der Waals surface area contributed by atoms with Crippen molar-refractivity contribution in [3.8, 4) is 0 Å². The van der Waals surface area contributed by atoms with Crippen molar-refractivity contribution in [2.45, 2.75) is 72.3 Å². The van der Waals surface area contributed by atoms with E-state index in [1.54, 1.807) is 0 Å². The molecule has 0 unspecified atom stereocenters.